The van der Waals surface area contributed by atoms with Crippen molar-refractivity contribution in [2.75, 3.05) is 5.43 Å². The minimum Gasteiger partial charge on any atom is -0.505 e. The summed E-state index contributed by atoms with van der Waals surface area (Å²) in [6.45, 7) is 6.03. The van der Waals surface area contributed by atoms with E-state index in [1.807, 2.05) is 20.8 Å². The molecular formula is C14H17FN4O. The molecule has 5 nitrogen and oxygen atoms in total. The number of benzene rings is 1. The number of nitrogens with two attached hydrogens (primary N) is 1. The lowest BCUT2D eigenvalue weighted by molar-refractivity contribution is 0.432. The van der Waals surface area contributed by atoms with Gasteiger partial charge in [0.2, 0.25) is 0 Å². The molecule has 4 N–H and O–H groups in total. The summed E-state index contributed by atoms with van der Waals surface area (Å²) in [6.07, 6.45) is 0. The number of nitrogens with zero attached hydrogens (tertiary/aromatic N) is 2. The number of phenolic OH excluding ortho intramolecular Hbond substituents is 1. The van der Waals surface area contributed by atoms with Crippen LogP contribution in [0.25, 0.3) is 11.4 Å². The average Bonchev–Trinajstić information content (AvgIpc) is 2.40. The fourth-order valence-electron chi connectivity index (χ4n) is 1.68. The van der Waals surface area contributed by atoms with Gasteiger partial charge < -0.3 is 10.5 Å². The van der Waals surface area contributed by atoms with Crippen molar-refractivity contribution in [3.05, 3.63) is 35.8 Å². The van der Waals surface area contributed by atoms with Gasteiger partial charge in [0.25, 0.3) is 0 Å². The minimum absolute atomic E-state index is 0.196. The topological polar surface area (TPSA) is 84.1 Å². The number of hydrogen-bond donors (Lipinski definition) is 3. The molecule has 6 heteroatoms. The van der Waals surface area contributed by atoms with Gasteiger partial charge in [0.15, 0.2) is 17.4 Å². The zero-order chi connectivity index (χ0) is 14.9. The molecule has 0 saturated carbocycles. The Morgan fingerprint density at radius 2 is 1.90 bits per heavy atom. The second-order valence-electron chi connectivity index (χ2n) is 5.52. The first-order chi connectivity index (χ1) is 9.31. The summed E-state index contributed by atoms with van der Waals surface area (Å²) in [5, 5.41) is 9.23. The molecule has 0 saturated heterocycles. The largest absolute Gasteiger partial charge is 0.505 e. The molecule has 0 radical (unpaired) electrons. The van der Waals surface area contributed by atoms with Crippen molar-refractivity contribution >= 4 is 5.82 Å². The van der Waals surface area contributed by atoms with Crippen LogP contribution in [0.5, 0.6) is 5.75 Å². The Balaban J connectivity index is 2.58. The fourth-order valence-corrected chi connectivity index (χ4v) is 1.68. The zero-order valence-electron chi connectivity index (χ0n) is 11.6. The number of aromatic hydroxyl groups is 1. The van der Waals surface area contributed by atoms with Crippen LogP contribution in [0.3, 0.4) is 0 Å². The van der Waals surface area contributed by atoms with Gasteiger partial charge in [0.05, 0.1) is 5.69 Å². The van der Waals surface area contributed by atoms with E-state index in [0.717, 1.165) is 5.69 Å². The maximum Gasteiger partial charge on any atom is 0.165 e. The van der Waals surface area contributed by atoms with Gasteiger partial charge in [-0.25, -0.2) is 20.2 Å². The number of anilines is 1. The third-order valence-electron chi connectivity index (χ3n) is 2.85. The molecule has 0 amide bonds. The van der Waals surface area contributed by atoms with E-state index < -0.39 is 11.6 Å². The molecule has 0 aliphatic carbocycles. The van der Waals surface area contributed by atoms with Crippen LogP contribution in [0.1, 0.15) is 26.5 Å². The number of nitrogens with one attached hydrogen (secondary N) is 1. The first-order valence-corrected chi connectivity index (χ1v) is 6.16. The van der Waals surface area contributed by atoms with E-state index >= 15 is 0 Å². The van der Waals surface area contributed by atoms with Crippen molar-refractivity contribution < 1.29 is 9.50 Å². The third-order valence-corrected chi connectivity index (χ3v) is 2.85. The molecule has 1 aromatic heterocycles. The minimum atomic E-state index is -0.713. The van der Waals surface area contributed by atoms with Crippen LogP contribution < -0.4 is 11.3 Å². The van der Waals surface area contributed by atoms with Crippen LogP contribution in [0.4, 0.5) is 10.2 Å². The predicted octanol–water partition coefficient (Wildman–Crippen LogP) is 2.57. The van der Waals surface area contributed by atoms with Crippen molar-refractivity contribution in [1.29, 1.82) is 0 Å². The first kappa shape index (κ1) is 14.2. The molecule has 106 valence electrons. The number of phenols is 1. The molecule has 0 bridgehead atoms. The van der Waals surface area contributed by atoms with Crippen LogP contribution in [0, 0.1) is 5.82 Å². The normalized spacial score (nSPS) is 11.4. The summed E-state index contributed by atoms with van der Waals surface area (Å²) in [4.78, 5) is 8.65. The van der Waals surface area contributed by atoms with E-state index in [0.29, 0.717) is 17.2 Å². The molecule has 0 fully saturated rings. The number of hydrogen-bond acceptors (Lipinski definition) is 5. The quantitative estimate of drug-likeness (QED) is 0.580. The Morgan fingerprint density at radius 3 is 2.45 bits per heavy atom. The number of aromatic nitrogens is 2. The number of rotatable bonds is 2. The van der Waals surface area contributed by atoms with Crippen molar-refractivity contribution in [3.63, 3.8) is 0 Å². The van der Waals surface area contributed by atoms with Gasteiger partial charge in [-0.15, -0.1) is 0 Å². The van der Waals surface area contributed by atoms with Crippen LogP contribution in [-0.2, 0) is 5.41 Å². The van der Waals surface area contributed by atoms with Gasteiger partial charge in [0.1, 0.15) is 5.82 Å². The molecule has 0 unspecified atom stereocenters. The molecule has 1 aromatic carbocycles. The Kier molecular flexibility index (Phi) is 3.59. The lowest BCUT2D eigenvalue weighted by atomic mass is 9.92. The van der Waals surface area contributed by atoms with Crippen LogP contribution in [0.2, 0.25) is 0 Å². The Labute approximate surface area is 116 Å². The van der Waals surface area contributed by atoms with Gasteiger partial charge in [-0.2, -0.15) is 0 Å². The van der Waals surface area contributed by atoms with Crippen LogP contribution in [-0.4, -0.2) is 15.1 Å². The van der Waals surface area contributed by atoms with Gasteiger partial charge in [-0.3, -0.25) is 0 Å². The molecule has 0 aliphatic heterocycles. The van der Waals surface area contributed by atoms with Gasteiger partial charge >= 0.3 is 0 Å². The first-order valence-electron chi connectivity index (χ1n) is 6.16. The highest BCUT2D eigenvalue weighted by Gasteiger charge is 2.18. The van der Waals surface area contributed by atoms with E-state index in [4.69, 9.17) is 5.84 Å². The maximum atomic E-state index is 13.4. The monoisotopic (exact) mass is 276 g/mol. The van der Waals surface area contributed by atoms with Gasteiger partial charge in [-0.1, -0.05) is 20.8 Å². The highest BCUT2D eigenvalue weighted by molar-refractivity contribution is 5.59. The number of nitrogen functional groups attached to an aromatic ring is 1. The van der Waals surface area contributed by atoms with Gasteiger partial charge in [0, 0.05) is 17.0 Å². The molecule has 0 aliphatic rings. The number of hydrazine groups is 1. The fraction of sp³-hybridized carbons (Fsp3) is 0.286. The van der Waals surface area contributed by atoms with Crippen molar-refractivity contribution in [2.45, 2.75) is 26.2 Å². The summed E-state index contributed by atoms with van der Waals surface area (Å²) >= 11 is 0. The second kappa shape index (κ2) is 5.05. The van der Waals surface area contributed by atoms with E-state index in [1.54, 1.807) is 12.1 Å². The lowest BCUT2D eigenvalue weighted by Crippen LogP contribution is -2.17. The van der Waals surface area contributed by atoms with Crippen LogP contribution >= 0.6 is 0 Å². The van der Waals surface area contributed by atoms with E-state index in [9.17, 15) is 9.50 Å². The zero-order valence-corrected chi connectivity index (χ0v) is 11.6. The Bertz CT molecular complexity index is 638. The molecule has 0 atom stereocenters. The summed E-state index contributed by atoms with van der Waals surface area (Å²) < 4.78 is 13.4. The molecule has 20 heavy (non-hydrogen) atoms. The molecule has 2 aromatic rings. The van der Waals surface area contributed by atoms with Crippen molar-refractivity contribution in [2.24, 2.45) is 5.84 Å². The van der Waals surface area contributed by atoms with Crippen molar-refractivity contribution in [1.82, 2.24) is 9.97 Å². The second-order valence-corrected chi connectivity index (χ2v) is 5.52. The van der Waals surface area contributed by atoms with E-state index in [-0.39, 0.29) is 5.41 Å². The predicted molar refractivity (Wildman–Crippen MR) is 75.6 cm³/mol. The average molecular weight is 276 g/mol. The highest BCUT2D eigenvalue weighted by Crippen LogP contribution is 2.27. The summed E-state index contributed by atoms with van der Waals surface area (Å²) in [6, 6.07) is 5.77. The Hall–Kier alpha value is -2.21. The molecule has 0 spiro atoms. The molecule has 2 rings (SSSR count). The smallest absolute Gasteiger partial charge is 0.165 e. The summed E-state index contributed by atoms with van der Waals surface area (Å²) in [5.41, 5.74) is 3.54. The SMILES string of the molecule is CC(C)(C)c1cc(NN)nc(-c2ccc(O)c(F)c2)n1. The maximum absolute atomic E-state index is 13.4. The molecule has 1 heterocycles. The van der Waals surface area contributed by atoms with Gasteiger partial charge in [-0.05, 0) is 18.2 Å². The third kappa shape index (κ3) is 2.85. The van der Waals surface area contributed by atoms with Crippen molar-refractivity contribution in [3.8, 4) is 17.1 Å². The Morgan fingerprint density at radius 1 is 1.20 bits per heavy atom. The molecular weight excluding hydrogens is 259 g/mol. The summed E-state index contributed by atoms with van der Waals surface area (Å²) in [7, 11) is 0. The number of halogens is 1. The standard InChI is InChI=1S/C14H17FN4O/c1-14(2,3)11-7-12(19-16)18-13(17-11)8-4-5-10(20)9(15)6-8/h4-7,20H,16H2,1-3H3,(H,17,18,19). The highest BCUT2D eigenvalue weighted by atomic mass is 19.1. The van der Waals surface area contributed by atoms with E-state index in [1.165, 1.54) is 12.1 Å². The summed E-state index contributed by atoms with van der Waals surface area (Å²) in [5.74, 6) is 5.09. The lowest BCUT2D eigenvalue weighted by Gasteiger charge is -2.19. The van der Waals surface area contributed by atoms with E-state index in [2.05, 4.69) is 15.4 Å². The van der Waals surface area contributed by atoms with Crippen LogP contribution in [0.15, 0.2) is 24.3 Å².